The Kier molecular flexibility index (Phi) is 4.18. The van der Waals surface area contributed by atoms with Crippen LogP contribution in [-0.4, -0.2) is 26.2 Å². The lowest BCUT2D eigenvalue weighted by atomic mass is 9.92. The summed E-state index contributed by atoms with van der Waals surface area (Å²) in [5.74, 6) is -2.51. The quantitative estimate of drug-likeness (QED) is 0.805. The molecule has 1 heterocycles. The first kappa shape index (κ1) is 16.0. The van der Waals surface area contributed by atoms with Crippen LogP contribution >= 0.6 is 0 Å². The minimum Gasteiger partial charge on any atom is -0.385 e. The molecule has 0 spiro atoms. The summed E-state index contributed by atoms with van der Waals surface area (Å²) in [6.07, 6.45) is -5.03. The number of halogens is 3. The van der Waals surface area contributed by atoms with Crippen molar-refractivity contribution in [1.29, 1.82) is 0 Å². The number of nitrogens with one attached hydrogen (secondary N) is 2. The van der Waals surface area contributed by atoms with Gasteiger partial charge in [0.2, 0.25) is 17.7 Å². The summed E-state index contributed by atoms with van der Waals surface area (Å²) >= 11 is 0. The van der Waals surface area contributed by atoms with Gasteiger partial charge in [0.25, 0.3) is 0 Å². The summed E-state index contributed by atoms with van der Waals surface area (Å²) in [6, 6.07) is 8.44. The van der Waals surface area contributed by atoms with Crippen LogP contribution in [0.3, 0.4) is 0 Å². The van der Waals surface area contributed by atoms with Crippen molar-refractivity contribution >= 4 is 11.9 Å². The topological polar surface area (TPSA) is 90.9 Å². The van der Waals surface area contributed by atoms with Crippen LogP contribution in [-0.2, 0) is 16.6 Å². The summed E-state index contributed by atoms with van der Waals surface area (Å²) in [4.78, 5) is 14.9. The molecule has 0 saturated carbocycles. The predicted octanol–water partition coefficient (Wildman–Crippen LogP) is 2.06. The van der Waals surface area contributed by atoms with Crippen molar-refractivity contribution in [2.45, 2.75) is 25.1 Å². The third-order valence-corrected chi connectivity index (χ3v) is 2.91. The highest BCUT2D eigenvalue weighted by atomic mass is 19.4. The van der Waals surface area contributed by atoms with Gasteiger partial charge < -0.3 is 5.11 Å². The maximum Gasteiger partial charge on any atom is 0.451 e. The van der Waals surface area contributed by atoms with E-state index in [1.807, 2.05) is 0 Å². The number of amides is 1. The molecule has 0 aliphatic heterocycles. The fraction of sp³-hybridized carbons (Fsp3) is 0.308. The zero-order chi connectivity index (χ0) is 16.4. The Morgan fingerprint density at radius 2 is 1.95 bits per heavy atom. The molecule has 6 nitrogen and oxygen atoms in total. The standard InChI is InChI=1S/C13H13F3N4O2/c1-12(22,8-5-3-2-4-6-8)7-9(21)17-11-18-10(19-20-11)13(14,15)16/h2-6,22H,7H2,1H3,(H2,17,18,19,20,21). The summed E-state index contributed by atoms with van der Waals surface area (Å²) in [5, 5.41) is 17.3. The molecule has 2 rings (SSSR count). The van der Waals surface area contributed by atoms with E-state index in [9.17, 15) is 23.1 Å². The van der Waals surface area contributed by atoms with Crippen LogP contribution < -0.4 is 5.32 Å². The van der Waals surface area contributed by atoms with Crippen molar-refractivity contribution in [2.24, 2.45) is 0 Å². The molecule has 1 amide bonds. The number of hydrogen-bond donors (Lipinski definition) is 3. The largest absolute Gasteiger partial charge is 0.451 e. The average Bonchev–Trinajstić information content (AvgIpc) is 2.87. The van der Waals surface area contributed by atoms with Gasteiger partial charge in [-0.2, -0.15) is 18.2 Å². The lowest BCUT2D eigenvalue weighted by Crippen LogP contribution is -2.28. The van der Waals surface area contributed by atoms with Gasteiger partial charge in [0.1, 0.15) is 0 Å². The summed E-state index contributed by atoms with van der Waals surface area (Å²) < 4.78 is 37.0. The number of carbonyl (C=O) groups excluding carboxylic acids is 1. The van der Waals surface area contributed by atoms with E-state index in [1.165, 1.54) is 6.92 Å². The van der Waals surface area contributed by atoms with Crippen molar-refractivity contribution in [3.05, 3.63) is 41.7 Å². The van der Waals surface area contributed by atoms with Gasteiger partial charge in [0, 0.05) is 0 Å². The first-order valence-corrected chi connectivity index (χ1v) is 6.26. The summed E-state index contributed by atoms with van der Waals surface area (Å²) in [7, 11) is 0. The van der Waals surface area contributed by atoms with E-state index in [4.69, 9.17) is 0 Å². The maximum absolute atomic E-state index is 12.3. The number of nitrogens with zero attached hydrogens (tertiary/aromatic N) is 2. The lowest BCUT2D eigenvalue weighted by Gasteiger charge is -2.22. The summed E-state index contributed by atoms with van der Waals surface area (Å²) in [5.41, 5.74) is -0.953. The zero-order valence-corrected chi connectivity index (χ0v) is 11.5. The average molecular weight is 314 g/mol. The number of anilines is 1. The third-order valence-electron chi connectivity index (χ3n) is 2.91. The fourth-order valence-corrected chi connectivity index (χ4v) is 1.83. The lowest BCUT2D eigenvalue weighted by molar-refractivity contribution is -0.144. The molecular formula is C13H13F3N4O2. The molecule has 0 fully saturated rings. The number of aromatic nitrogens is 3. The first-order chi connectivity index (χ1) is 10.2. The van der Waals surface area contributed by atoms with E-state index in [-0.39, 0.29) is 6.42 Å². The number of alkyl halides is 3. The highest BCUT2D eigenvalue weighted by molar-refractivity contribution is 5.89. The van der Waals surface area contributed by atoms with Crippen LogP contribution in [0.25, 0.3) is 0 Å². The van der Waals surface area contributed by atoms with Crippen molar-refractivity contribution in [3.63, 3.8) is 0 Å². The molecule has 2 aromatic rings. The van der Waals surface area contributed by atoms with Gasteiger partial charge in [0.05, 0.1) is 12.0 Å². The molecule has 0 saturated heterocycles. The third kappa shape index (κ3) is 3.82. The van der Waals surface area contributed by atoms with Gasteiger partial charge in [-0.05, 0) is 12.5 Å². The first-order valence-electron chi connectivity index (χ1n) is 6.26. The Morgan fingerprint density at radius 1 is 1.32 bits per heavy atom. The fourth-order valence-electron chi connectivity index (χ4n) is 1.83. The van der Waals surface area contributed by atoms with Crippen LogP contribution in [0, 0.1) is 0 Å². The predicted molar refractivity (Wildman–Crippen MR) is 70.6 cm³/mol. The smallest absolute Gasteiger partial charge is 0.385 e. The van der Waals surface area contributed by atoms with E-state index in [2.05, 4.69) is 15.4 Å². The minimum absolute atomic E-state index is 0.354. The molecule has 3 N–H and O–H groups in total. The van der Waals surface area contributed by atoms with Gasteiger partial charge >= 0.3 is 6.18 Å². The van der Waals surface area contributed by atoms with E-state index >= 15 is 0 Å². The van der Waals surface area contributed by atoms with Gasteiger partial charge in [-0.1, -0.05) is 30.3 Å². The molecule has 0 aliphatic carbocycles. The van der Waals surface area contributed by atoms with Crippen LogP contribution in [0.15, 0.2) is 30.3 Å². The number of carbonyl (C=O) groups is 1. The molecule has 22 heavy (non-hydrogen) atoms. The Morgan fingerprint density at radius 3 is 2.50 bits per heavy atom. The maximum atomic E-state index is 12.3. The number of aliphatic hydroxyl groups is 1. The van der Waals surface area contributed by atoms with E-state index in [1.54, 1.807) is 35.4 Å². The van der Waals surface area contributed by atoms with Crippen LogP contribution in [0.2, 0.25) is 0 Å². The van der Waals surface area contributed by atoms with Gasteiger partial charge in [0.15, 0.2) is 0 Å². The second kappa shape index (κ2) is 5.76. The van der Waals surface area contributed by atoms with Crippen LogP contribution in [0.5, 0.6) is 0 Å². The number of H-pyrrole nitrogens is 1. The molecule has 9 heteroatoms. The highest BCUT2D eigenvalue weighted by Gasteiger charge is 2.35. The van der Waals surface area contributed by atoms with Crippen molar-refractivity contribution in [2.75, 3.05) is 5.32 Å². The Bertz CT molecular complexity index is 653. The van der Waals surface area contributed by atoms with Crippen molar-refractivity contribution in [1.82, 2.24) is 15.2 Å². The Hall–Kier alpha value is -2.42. The van der Waals surface area contributed by atoms with Gasteiger partial charge in [-0.15, -0.1) is 5.10 Å². The normalized spacial score (nSPS) is 14.4. The van der Waals surface area contributed by atoms with Crippen molar-refractivity contribution in [3.8, 4) is 0 Å². The monoisotopic (exact) mass is 314 g/mol. The molecule has 0 aliphatic rings. The van der Waals surface area contributed by atoms with Gasteiger partial charge in [-0.3, -0.25) is 15.2 Å². The number of aromatic amines is 1. The highest BCUT2D eigenvalue weighted by Crippen LogP contribution is 2.27. The minimum atomic E-state index is -4.68. The van der Waals surface area contributed by atoms with E-state index in [0.29, 0.717) is 5.56 Å². The molecule has 0 bridgehead atoms. The Labute approximate surface area is 123 Å². The van der Waals surface area contributed by atoms with E-state index in [0.717, 1.165) is 0 Å². The molecule has 0 radical (unpaired) electrons. The Balaban J connectivity index is 2.03. The second-order valence-corrected chi connectivity index (χ2v) is 4.87. The molecular weight excluding hydrogens is 301 g/mol. The molecule has 1 atom stereocenters. The molecule has 118 valence electrons. The van der Waals surface area contributed by atoms with Crippen LogP contribution in [0.1, 0.15) is 24.7 Å². The van der Waals surface area contributed by atoms with Crippen LogP contribution in [0.4, 0.5) is 19.1 Å². The number of benzene rings is 1. The second-order valence-electron chi connectivity index (χ2n) is 4.87. The SMILES string of the molecule is CC(O)(CC(=O)Nc1n[nH]c(C(F)(F)F)n1)c1ccccc1. The molecule has 1 aromatic heterocycles. The molecule has 1 unspecified atom stereocenters. The van der Waals surface area contributed by atoms with Crippen molar-refractivity contribution < 1.29 is 23.1 Å². The number of rotatable bonds is 4. The van der Waals surface area contributed by atoms with E-state index < -0.39 is 29.5 Å². The number of hydrogen-bond acceptors (Lipinski definition) is 4. The molecule has 1 aromatic carbocycles. The summed E-state index contributed by atoms with van der Waals surface area (Å²) in [6.45, 7) is 1.43. The van der Waals surface area contributed by atoms with Gasteiger partial charge in [-0.25, -0.2) is 0 Å². The zero-order valence-electron chi connectivity index (χ0n) is 11.5.